The number of alkyl halides is 3. The largest absolute Gasteiger partial charge is 0.506 e. The van der Waals surface area contributed by atoms with Gasteiger partial charge < -0.3 is 5.11 Å². The van der Waals surface area contributed by atoms with Gasteiger partial charge in [0.05, 0.1) is 11.3 Å². The van der Waals surface area contributed by atoms with Crippen LogP contribution >= 0.6 is 12.4 Å². The monoisotopic (exact) mass is 446 g/mol. The molecule has 7 heteroatoms. The van der Waals surface area contributed by atoms with E-state index in [9.17, 15) is 18.3 Å². The molecule has 1 aliphatic rings. The van der Waals surface area contributed by atoms with Crippen molar-refractivity contribution in [1.29, 1.82) is 0 Å². The number of aromatic hydroxyl groups is 1. The third-order valence-corrected chi connectivity index (χ3v) is 5.23. The first-order valence-corrected chi connectivity index (χ1v) is 9.73. The summed E-state index contributed by atoms with van der Waals surface area (Å²) in [4.78, 5) is 6.49. The number of benzene rings is 2. The van der Waals surface area contributed by atoms with E-state index in [0.29, 0.717) is 24.2 Å². The molecule has 3 nitrogen and oxygen atoms in total. The van der Waals surface area contributed by atoms with Crippen LogP contribution in [0.3, 0.4) is 0 Å². The van der Waals surface area contributed by atoms with Gasteiger partial charge in [-0.25, -0.2) is 4.98 Å². The van der Waals surface area contributed by atoms with Gasteiger partial charge in [0.15, 0.2) is 0 Å². The number of phenolic OH excluding ortho intramolecular Hbond substituents is 1. The van der Waals surface area contributed by atoms with Crippen LogP contribution in [0.1, 0.15) is 23.2 Å². The molecular formula is C24H22ClF3N2O. The van der Waals surface area contributed by atoms with Crippen LogP contribution in [0, 0.1) is 0 Å². The number of hydrogen-bond acceptors (Lipinski definition) is 3. The van der Waals surface area contributed by atoms with E-state index in [1.54, 1.807) is 24.3 Å². The highest BCUT2D eigenvalue weighted by Gasteiger charge is 2.33. The Balaban J connectivity index is 0.00000272. The maximum absolute atomic E-state index is 13.2. The number of rotatable bonds is 4. The number of halogens is 4. The molecule has 0 unspecified atom stereocenters. The van der Waals surface area contributed by atoms with Crippen LogP contribution in [0.2, 0.25) is 0 Å². The fourth-order valence-electron chi connectivity index (χ4n) is 3.63. The van der Waals surface area contributed by atoms with Gasteiger partial charge in [0.1, 0.15) is 11.3 Å². The highest BCUT2D eigenvalue weighted by atomic mass is 35.5. The summed E-state index contributed by atoms with van der Waals surface area (Å²) < 4.78 is 39.6. The lowest BCUT2D eigenvalue weighted by Crippen LogP contribution is -2.29. The van der Waals surface area contributed by atoms with Crippen molar-refractivity contribution in [3.63, 3.8) is 0 Å². The Kier molecular flexibility index (Phi) is 7.03. The Morgan fingerprint density at radius 3 is 2.55 bits per heavy atom. The third-order valence-electron chi connectivity index (χ3n) is 5.23. The molecule has 0 fully saturated rings. The van der Waals surface area contributed by atoms with Gasteiger partial charge in [-0.3, -0.25) is 4.90 Å². The van der Waals surface area contributed by atoms with E-state index in [2.05, 4.69) is 4.98 Å². The van der Waals surface area contributed by atoms with Crippen molar-refractivity contribution >= 4 is 29.4 Å². The van der Waals surface area contributed by atoms with Gasteiger partial charge in [0, 0.05) is 25.0 Å². The summed E-state index contributed by atoms with van der Waals surface area (Å²) in [5.41, 5.74) is 2.16. The van der Waals surface area contributed by atoms with E-state index in [1.807, 2.05) is 41.3 Å². The van der Waals surface area contributed by atoms with E-state index in [1.165, 1.54) is 6.07 Å². The first kappa shape index (κ1) is 22.8. The Labute approximate surface area is 184 Å². The summed E-state index contributed by atoms with van der Waals surface area (Å²) in [6.45, 7) is 1.56. The molecule has 2 heterocycles. The second-order valence-corrected chi connectivity index (χ2v) is 7.34. The fraction of sp³-hybridized carbons (Fsp3) is 0.208. The average molecular weight is 447 g/mol. The summed E-state index contributed by atoms with van der Waals surface area (Å²) in [6, 6.07) is 14.8. The molecule has 0 amide bonds. The molecule has 3 aromatic rings. The second kappa shape index (κ2) is 9.54. The van der Waals surface area contributed by atoms with E-state index in [-0.39, 0.29) is 24.7 Å². The maximum atomic E-state index is 13.2. The van der Waals surface area contributed by atoms with Crippen molar-refractivity contribution < 1.29 is 18.3 Å². The molecule has 1 aliphatic heterocycles. The number of fused-ring (bicyclic) bond motifs is 1. The van der Waals surface area contributed by atoms with E-state index in [0.717, 1.165) is 29.1 Å². The first-order chi connectivity index (χ1) is 14.4. The fourth-order valence-corrected chi connectivity index (χ4v) is 3.63. The molecule has 1 aromatic heterocycles. The maximum Gasteiger partial charge on any atom is 0.416 e. The summed E-state index contributed by atoms with van der Waals surface area (Å²) in [5.74, 6) is 0.148. The predicted octanol–water partition coefficient (Wildman–Crippen LogP) is 6.23. The van der Waals surface area contributed by atoms with Crippen LogP contribution in [0.15, 0.2) is 72.3 Å². The molecule has 2 aromatic carbocycles. The Morgan fingerprint density at radius 1 is 1.00 bits per heavy atom. The standard InChI is InChI=1S/C24H21F3N2O.ClH/c25-24(26,27)21-6-2-1-4-19(21)16-29-14-12-17(13-15-29)8-10-20-11-9-18-5-3-7-22(30)23(18)28-20;/h1-12,30H,13-16H2;1H/b10-8+;. The average Bonchev–Trinajstić information content (AvgIpc) is 2.73. The molecule has 0 radical (unpaired) electrons. The Bertz CT molecular complexity index is 1130. The highest BCUT2D eigenvalue weighted by Crippen LogP contribution is 2.32. The molecule has 0 saturated heterocycles. The molecule has 0 saturated carbocycles. The highest BCUT2D eigenvalue weighted by molar-refractivity contribution is 5.85. The quantitative estimate of drug-likeness (QED) is 0.516. The summed E-state index contributed by atoms with van der Waals surface area (Å²) in [7, 11) is 0. The summed E-state index contributed by atoms with van der Waals surface area (Å²) >= 11 is 0. The summed E-state index contributed by atoms with van der Waals surface area (Å²) in [6.07, 6.45) is 2.33. The lowest BCUT2D eigenvalue weighted by Gasteiger charge is -2.26. The number of hydrogen-bond donors (Lipinski definition) is 1. The van der Waals surface area contributed by atoms with Crippen LogP contribution in [0.4, 0.5) is 13.2 Å². The van der Waals surface area contributed by atoms with Crippen molar-refractivity contribution in [3.05, 3.63) is 89.1 Å². The minimum Gasteiger partial charge on any atom is -0.506 e. The number of para-hydroxylation sites is 1. The van der Waals surface area contributed by atoms with Gasteiger partial charge in [-0.2, -0.15) is 13.2 Å². The predicted molar refractivity (Wildman–Crippen MR) is 119 cm³/mol. The molecule has 31 heavy (non-hydrogen) atoms. The number of allylic oxidation sites excluding steroid dienone is 1. The number of phenols is 1. The third kappa shape index (κ3) is 5.46. The van der Waals surface area contributed by atoms with Crippen molar-refractivity contribution in [2.75, 3.05) is 13.1 Å². The van der Waals surface area contributed by atoms with Gasteiger partial charge in [0.2, 0.25) is 0 Å². The lowest BCUT2D eigenvalue weighted by molar-refractivity contribution is -0.138. The molecule has 1 N–H and O–H groups in total. The Hall–Kier alpha value is -2.83. The SMILES string of the molecule is Cl.Oc1cccc2ccc(/C=C/C3=CCN(Cc4ccccc4C(F)(F)F)CC3)nc12. The zero-order valence-electron chi connectivity index (χ0n) is 16.6. The zero-order chi connectivity index (χ0) is 21.1. The first-order valence-electron chi connectivity index (χ1n) is 9.73. The van der Waals surface area contributed by atoms with Crippen LogP contribution < -0.4 is 0 Å². The van der Waals surface area contributed by atoms with Crippen LogP contribution in [0.5, 0.6) is 5.75 Å². The molecule has 0 atom stereocenters. The number of nitrogens with zero attached hydrogens (tertiary/aromatic N) is 2. The second-order valence-electron chi connectivity index (χ2n) is 7.34. The van der Waals surface area contributed by atoms with Gasteiger partial charge in [-0.1, -0.05) is 48.6 Å². The number of aromatic nitrogens is 1. The van der Waals surface area contributed by atoms with Crippen molar-refractivity contribution in [2.24, 2.45) is 0 Å². The smallest absolute Gasteiger partial charge is 0.416 e. The van der Waals surface area contributed by atoms with E-state index < -0.39 is 11.7 Å². The van der Waals surface area contributed by atoms with E-state index in [4.69, 9.17) is 0 Å². The topological polar surface area (TPSA) is 36.4 Å². The molecule has 0 spiro atoms. The minimum atomic E-state index is -4.34. The van der Waals surface area contributed by atoms with Crippen molar-refractivity contribution in [3.8, 4) is 5.75 Å². The van der Waals surface area contributed by atoms with Crippen LogP contribution in [0.25, 0.3) is 17.0 Å². The molecule has 0 bridgehead atoms. The van der Waals surface area contributed by atoms with Crippen LogP contribution in [-0.2, 0) is 12.7 Å². The van der Waals surface area contributed by atoms with Crippen molar-refractivity contribution in [1.82, 2.24) is 9.88 Å². The Morgan fingerprint density at radius 2 is 1.81 bits per heavy atom. The number of pyridine rings is 1. The van der Waals surface area contributed by atoms with Gasteiger partial charge in [-0.15, -0.1) is 12.4 Å². The van der Waals surface area contributed by atoms with Gasteiger partial charge >= 0.3 is 6.18 Å². The van der Waals surface area contributed by atoms with Crippen molar-refractivity contribution in [2.45, 2.75) is 19.1 Å². The molecular weight excluding hydrogens is 425 g/mol. The molecule has 0 aliphatic carbocycles. The summed E-state index contributed by atoms with van der Waals surface area (Å²) in [5, 5.41) is 10.8. The lowest BCUT2D eigenvalue weighted by atomic mass is 10.0. The van der Waals surface area contributed by atoms with Gasteiger partial charge in [-0.05, 0) is 41.8 Å². The van der Waals surface area contributed by atoms with E-state index >= 15 is 0 Å². The molecule has 162 valence electrons. The molecule has 4 rings (SSSR count). The van der Waals surface area contributed by atoms with Crippen LogP contribution in [-0.4, -0.2) is 28.1 Å². The van der Waals surface area contributed by atoms with Gasteiger partial charge in [0.25, 0.3) is 0 Å². The normalized spacial score (nSPS) is 15.1. The minimum absolute atomic E-state index is 0. The zero-order valence-corrected chi connectivity index (χ0v) is 17.5.